The van der Waals surface area contributed by atoms with Gasteiger partial charge >= 0.3 is 0 Å². The fourth-order valence-corrected chi connectivity index (χ4v) is 2.46. The largest absolute Gasteiger partial charge is 0.386 e. The predicted molar refractivity (Wildman–Crippen MR) is 87.1 cm³/mol. The molecular weight excluding hydrogens is 300 g/mol. The lowest BCUT2D eigenvalue weighted by molar-refractivity contribution is 0.0680. The Kier molecular flexibility index (Phi) is 5.16. The van der Waals surface area contributed by atoms with Gasteiger partial charge in [0.2, 0.25) is 0 Å². The van der Waals surface area contributed by atoms with Crippen molar-refractivity contribution >= 4 is 17.5 Å². The molecule has 0 aliphatic rings. The molecule has 0 aliphatic heterocycles. The molecular formula is C17H19ClN2O2. The summed E-state index contributed by atoms with van der Waals surface area (Å²) in [5, 5.41) is 10.8. The van der Waals surface area contributed by atoms with Gasteiger partial charge in [-0.05, 0) is 43.2 Å². The lowest BCUT2D eigenvalue weighted by Crippen LogP contribution is -2.31. The molecule has 0 fully saturated rings. The molecule has 0 saturated heterocycles. The van der Waals surface area contributed by atoms with Gasteiger partial charge in [0.1, 0.15) is 0 Å². The number of halogens is 1. The highest BCUT2D eigenvalue weighted by atomic mass is 35.5. The standard InChI is InChI=1S/C17H19ClN2O2/c1-11-8-15(18)12(2)7-14(11)17(22)20(3)10-16(21)13-5-4-6-19-9-13/h4-9,16,21H,10H2,1-3H3. The van der Waals surface area contributed by atoms with Crippen LogP contribution in [0.2, 0.25) is 5.02 Å². The number of carbonyl (C=O) groups is 1. The SMILES string of the molecule is Cc1cc(C(=O)N(C)CC(O)c2cccnc2)c(C)cc1Cl. The molecule has 1 aromatic heterocycles. The van der Waals surface area contributed by atoms with Gasteiger partial charge in [0, 0.05) is 35.6 Å². The molecule has 116 valence electrons. The Hall–Kier alpha value is -1.91. The van der Waals surface area contributed by atoms with Crippen molar-refractivity contribution in [1.82, 2.24) is 9.88 Å². The Balaban J connectivity index is 2.14. The minimum Gasteiger partial charge on any atom is -0.386 e. The van der Waals surface area contributed by atoms with Crippen LogP contribution in [0.4, 0.5) is 0 Å². The second-order valence-corrected chi connectivity index (χ2v) is 5.81. The van der Waals surface area contributed by atoms with E-state index in [4.69, 9.17) is 11.6 Å². The third-order valence-corrected chi connectivity index (χ3v) is 4.01. The first-order chi connectivity index (χ1) is 10.4. The van der Waals surface area contributed by atoms with E-state index in [-0.39, 0.29) is 12.5 Å². The molecule has 1 heterocycles. The topological polar surface area (TPSA) is 53.4 Å². The van der Waals surface area contributed by atoms with Crippen LogP contribution in [0.15, 0.2) is 36.7 Å². The van der Waals surface area contributed by atoms with E-state index in [9.17, 15) is 9.90 Å². The number of carbonyl (C=O) groups excluding carboxylic acids is 1. The summed E-state index contributed by atoms with van der Waals surface area (Å²) in [6.07, 6.45) is 2.47. The average Bonchev–Trinajstić information content (AvgIpc) is 2.51. The van der Waals surface area contributed by atoms with Crippen LogP contribution >= 0.6 is 11.6 Å². The number of nitrogens with zero attached hydrogens (tertiary/aromatic N) is 2. The minimum atomic E-state index is -0.767. The van der Waals surface area contributed by atoms with Crippen molar-refractivity contribution in [2.45, 2.75) is 20.0 Å². The van der Waals surface area contributed by atoms with E-state index in [1.165, 1.54) is 4.90 Å². The first-order valence-electron chi connectivity index (χ1n) is 7.00. The Bertz CT molecular complexity index is 674. The number of aryl methyl sites for hydroxylation is 2. The van der Waals surface area contributed by atoms with Gasteiger partial charge in [-0.25, -0.2) is 0 Å². The highest BCUT2D eigenvalue weighted by Gasteiger charge is 2.19. The number of hydrogen-bond donors (Lipinski definition) is 1. The van der Waals surface area contributed by atoms with Crippen LogP contribution in [0.5, 0.6) is 0 Å². The number of likely N-dealkylation sites (N-methyl/N-ethyl adjacent to an activating group) is 1. The molecule has 0 aliphatic carbocycles. The molecule has 0 radical (unpaired) electrons. The van der Waals surface area contributed by atoms with Crippen LogP contribution in [-0.4, -0.2) is 34.5 Å². The van der Waals surface area contributed by atoms with E-state index in [1.807, 2.05) is 13.8 Å². The minimum absolute atomic E-state index is 0.139. The fourth-order valence-electron chi connectivity index (χ4n) is 2.24. The van der Waals surface area contributed by atoms with Crippen molar-refractivity contribution in [1.29, 1.82) is 0 Å². The lowest BCUT2D eigenvalue weighted by atomic mass is 10.0. The van der Waals surface area contributed by atoms with Gasteiger partial charge < -0.3 is 10.0 Å². The molecule has 2 rings (SSSR count). The maximum absolute atomic E-state index is 12.6. The molecule has 1 unspecified atom stereocenters. The smallest absolute Gasteiger partial charge is 0.253 e. The van der Waals surface area contributed by atoms with Crippen LogP contribution in [0.25, 0.3) is 0 Å². The van der Waals surface area contributed by atoms with Crippen molar-refractivity contribution in [2.75, 3.05) is 13.6 Å². The number of aromatic nitrogens is 1. The van der Waals surface area contributed by atoms with Crippen molar-refractivity contribution < 1.29 is 9.90 Å². The number of rotatable bonds is 4. The Labute approximate surface area is 135 Å². The summed E-state index contributed by atoms with van der Waals surface area (Å²) >= 11 is 6.06. The highest BCUT2D eigenvalue weighted by molar-refractivity contribution is 6.31. The van der Waals surface area contributed by atoms with Gasteiger partial charge in [-0.3, -0.25) is 9.78 Å². The second-order valence-electron chi connectivity index (χ2n) is 5.40. The summed E-state index contributed by atoms with van der Waals surface area (Å²) in [6, 6.07) is 7.11. The molecule has 5 heteroatoms. The van der Waals surface area contributed by atoms with E-state index >= 15 is 0 Å². The molecule has 1 N–H and O–H groups in total. The lowest BCUT2D eigenvalue weighted by Gasteiger charge is -2.22. The predicted octanol–water partition coefficient (Wildman–Crippen LogP) is 3.16. The van der Waals surface area contributed by atoms with Gasteiger partial charge in [0.05, 0.1) is 12.6 Å². The molecule has 2 aromatic rings. The summed E-state index contributed by atoms with van der Waals surface area (Å²) in [7, 11) is 1.67. The number of hydrogen-bond acceptors (Lipinski definition) is 3. The maximum atomic E-state index is 12.6. The van der Waals surface area contributed by atoms with Crippen molar-refractivity contribution in [3.63, 3.8) is 0 Å². The van der Waals surface area contributed by atoms with E-state index in [0.29, 0.717) is 16.1 Å². The maximum Gasteiger partial charge on any atom is 0.253 e. The molecule has 4 nitrogen and oxygen atoms in total. The Morgan fingerprint density at radius 2 is 2.09 bits per heavy atom. The summed E-state index contributed by atoms with van der Waals surface area (Å²) in [5.41, 5.74) is 2.97. The zero-order chi connectivity index (χ0) is 16.3. The van der Waals surface area contributed by atoms with E-state index in [2.05, 4.69) is 4.98 Å². The van der Waals surface area contributed by atoms with E-state index < -0.39 is 6.10 Å². The van der Waals surface area contributed by atoms with Crippen LogP contribution < -0.4 is 0 Å². The third kappa shape index (κ3) is 3.64. The monoisotopic (exact) mass is 318 g/mol. The highest BCUT2D eigenvalue weighted by Crippen LogP contribution is 2.22. The Morgan fingerprint density at radius 1 is 1.36 bits per heavy atom. The number of aliphatic hydroxyl groups is 1. The van der Waals surface area contributed by atoms with Gasteiger partial charge in [0.25, 0.3) is 5.91 Å². The van der Waals surface area contributed by atoms with Crippen molar-refractivity contribution in [2.24, 2.45) is 0 Å². The molecule has 22 heavy (non-hydrogen) atoms. The first kappa shape index (κ1) is 16.5. The summed E-state index contributed by atoms with van der Waals surface area (Å²) in [5.74, 6) is -0.139. The van der Waals surface area contributed by atoms with E-state index in [0.717, 1.165) is 11.1 Å². The second kappa shape index (κ2) is 6.90. The van der Waals surface area contributed by atoms with Gasteiger partial charge in [-0.2, -0.15) is 0 Å². The molecule has 1 amide bonds. The summed E-state index contributed by atoms with van der Waals surface area (Å²) < 4.78 is 0. The van der Waals surface area contributed by atoms with Gasteiger partial charge in [-0.15, -0.1) is 0 Å². The Morgan fingerprint density at radius 3 is 2.73 bits per heavy atom. The molecule has 0 saturated carbocycles. The van der Waals surface area contributed by atoms with Crippen LogP contribution in [-0.2, 0) is 0 Å². The zero-order valence-corrected chi connectivity index (χ0v) is 13.6. The fraction of sp³-hybridized carbons (Fsp3) is 0.294. The van der Waals surface area contributed by atoms with Crippen LogP contribution in [0.1, 0.15) is 33.2 Å². The van der Waals surface area contributed by atoms with Crippen molar-refractivity contribution in [3.8, 4) is 0 Å². The van der Waals surface area contributed by atoms with Crippen LogP contribution in [0.3, 0.4) is 0 Å². The van der Waals surface area contributed by atoms with Crippen LogP contribution in [0, 0.1) is 13.8 Å². The molecule has 1 atom stereocenters. The van der Waals surface area contributed by atoms with E-state index in [1.54, 1.807) is 43.7 Å². The number of benzene rings is 1. The summed E-state index contributed by atoms with van der Waals surface area (Å²) in [4.78, 5) is 18.0. The van der Waals surface area contributed by atoms with Crippen molar-refractivity contribution in [3.05, 3.63) is 63.9 Å². The number of amides is 1. The quantitative estimate of drug-likeness (QED) is 0.942. The number of pyridine rings is 1. The third-order valence-electron chi connectivity index (χ3n) is 3.60. The normalized spacial score (nSPS) is 12.0. The molecule has 1 aromatic carbocycles. The molecule has 0 bridgehead atoms. The summed E-state index contributed by atoms with van der Waals surface area (Å²) in [6.45, 7) is 3.92. The number of aliphatic hydroxyl groups excluding tert-OH is 1. The molecule has 0 spiro atoms. The van der Waals surface area contributed by atoms with Gasteiger partial charge in [-0.1, -0.05) is 17.7 Å². The average molecular weight is 319 g/mol. The zero-order valence-electron chi connectivity index (χ0n) is 12.9. The first-order valence-corrected chi connectivity index (χ1v) is 7.38. The van der Waals surface area contributed by atoms with Gasteiger partial charge in [0.15, 0.2) is 0 Å².